The van der Waals surface area contributed by atoms with Crippen LogP contribution in [-0.4, -0.2) is 94.4 Å². The summed E-state index contributed by atoms with van der Waals surface area (Å²) >= 11 is 12.7. The van der Waals surface area contributed by atoms with E-state index in [4.69, 9.17) is 37.4 Å². The van der Waals surface area contributed by atoms with E-state index in [1.54, 1.807) is 0 Å². The van der Waals surface area contributed by atoms with E-state index in [9.17, 15) is 36.8 Å². The van der Waals surface area contributed by atoms with Gasteiger partial charge in [-0.1, -0.05) is 35.3 Å². The fourth-order valence-electron chi connectivity index (χ4n) is 6.15. The monoisotopic (exact) mass is 826 g/mol. The summed E-state index contributed by atoms with van der Waals surface area (Å²) in [5, 5.41) is 11.8. The number of aromatic nitrogens is 1. The van der Waals surface area contributed by atoms with Crippen molar-refractivity contribution in [3.8, 4) is 11.5 Å². The van der Waals surface area contributed by atoms with Gasteiger partial charge in [-0.15, -0.1) is 0 Å². The molecule has 0 unspecified atom stereocenters. The van der Waals surface area contributed by atoms with Crippen molar-refractivity contribution in [3.05, 3.63) is 91.9 Å². The normalized spacial score (nSPS) is 16.7. The minimum atomic E-state index is -3.64. The number of imide groups is 1. The second-order valence-corrected chi connectivity index (χ2v) is 16.1. The molecule has 3 heterocycles. The molecule has 6 rings (SSSR count). The average Bonchev–Trinajstić information content (AvgIpc) is 3.94. The van der Waals surface area contributed by atoms with E-state index in [1.807, 2.05) is 0 Å². The fourth-order valence-corrected chi connectivity index (χ4v) is 7.79. The summed E-state index contributed by atoms with van der Waals surface area (Å²) in [5.74, 6) is -2.67. The van der Waals surface area contributed by atoms with Crippen molar-refractivity contribution in [1.82, 2.24) is 14.5 Å². The summed E-state index contributed by atoms with van der Waals surface area (Å²) in [6.07, 6.45) is 2.95. The van der Waals surface area contributed by atoms with Gasteiger partial charge in [0.2, 0.25) is 10.0 Å². The zero-order valence-electron chi connectivity index (χ0n) is 29.4. The molecule has 2 aromatic carbocycles. The van der Waals surface area contributed by atoms with Crippen molar-refractivity contribution in [1.29, 1.82) is 0 Å². The highest BCUT2D eigenvalue weighted by molar-refractivity contribution is 7.89. The lowest BCUT2D eigenvalue weighted by atomic mass is 10.0. The van der Waals surface area contributed by atoms with Crippen LogP contribution in [0, 0.1) is 11.1 Å². The minimum absolute atomic E-state index is 0.0146. The smallest absolute Gasteiger partial charge is 0.387 e. The zero-order valence-corrected chi connectivity index (χ0v) is 31.7. The van der Waals surface area contributed by atoms with Gasteiger partial charge in [0.05, 0.1) is 36.7 Å². The first-order chi connectivity index (χ1) is 26.3. The van der Waals surface area contributed by atoms with Gasteiger partial charge in [-0.3, -0.25) is 24.2 Å². The molecule has 0 radical (unpaired) electrons. The lowest BCUT2D eigenvalue weighted by Gasteiger charge is -2.26. The van der Waals surface area contributed by atoms with Crippen molar-refractivity contribution >= 4 is 51.0 Å². The third-order valence-corrected chi connectivity index (χ3v) is 11.3. The Bertz CT molecular complexity index is 2010. The molecule has 1 atom stereocenters. The van der Waals surface area contributed by atoms with Crippen molar-refractivity contribution in [2.24, 2.45) is 5.92 Å². The molecule has 0 spiro atoms. The molecular weight excluding hydrogens is 789 g/mol. The molecule has 1 N–H and O–H groups in total. The van der Waals surface area contributed by atoms with E-state index >= 15 is 0 Å². The van der Waals surface area contributed by atoms with Crippen LogP contribution in [0.5, 0.6) is 11.5 Å². The number of pyridine rings is 1. The van der Waals surface area contributed by atoms with Crippen LogP contribution in [0.3, 0.4) is 0 Å². The first kappa shape index (κ1) is 40.5. The quantitative estimate of drug-likeness (QED) is 0.0842. The second kappa shape index (κ2) is 17.8. The molecular formula is C36H38Cl2F2N4O10S. The Balaban J connectivity index is 1.14. The van der Waals surface area contributed by atoms with Crippen LogP contribution in [-0.2, 0) is 37.3 Å². The van der Waals surface area contributed by atoms with Gasteiger partial charge >= 0.3 is 12.6 Å². The number of amides is 2. The molecule has 3 aliphatic rings. The van der Waals surface area contributed by atoms with E-state index in [-0.39, 0.29) is 75.0 Å². The van der Waals surface area contributed by atoms with Crippen molar-refractivity contribution in [3.63, 3.8) is 0 Å². The van der Waals surface area contributed by atoms with Crippen molar-refractivity contribution < 1.29 is 55.3 Å². The van der Waals surface area contributed by atoms with Crippen LogP contribution in [0.4, 0.5) is 8.78 Å². The number of benzene rings is 2. The fraction of sp³-hybridized carbons (Fsp3) is 0.444. The number of hydrogen-bond acceptors (Lipinski definition) is 11. The summed E-state index contributed by atoms with van der Waals surface area (Å²) in [4.78, 5) is 43.1. The third-order valence-electron chi connectivity index (χ3n) is 9.26. The molecule has 1 saturated heterocycles. The van der Waals surface area contributed by atoms with Gasteiger partial charge in [0.1, 0.15) is 22.7 Å². The average molecular weight is 828 g/mol. The molecule has 1 aliphatic carbocycles. The summed E-state index contributed by atoms with van der Waals surface area (Å²) in [6.45, 7) is -0.481. The standard InChI is InChI=1S/C36H38Cl2F2N4O10S/c37-28-18-43(48)19-29(38)27(28)16-31(24-5-7-30(54-36(39)40)32(15-24)52-21-22-2-3-22)53-33(45)20-44-34(46)25-6-4-23(14-26(25)35(44)47)17-41-55(49,50)13-1-8-42-9-11-51-12-10-42/h4-7,14-15,18-19,22,31,36,41H,1-3,8-13,16-17,20-21H2/t31-/m0/s1. The Kier molecular flexibility index (Phi) is 13.1. The number of morpholine rings is 1. The Labute approximate surface area is 325 Å². The lowest BCUT2D eigenvalue weighted by molar-refractivity contribution is -0.605. The first-order valence-corrected chi connectivity index (χ1v) is 19.9. The molecule has 14 nitrogen and oxygen atoms in total. The number of nitrogens with zero attached hydrogens (tertiary/aromatic N) is 3. The van der Waals surface area contributed by atoms with Gasteiger partial charge < -0.3 is 24.2 Å². The number of nitrogens with one attached hydrogen (secondary N) is 1. The van der Waals surface area contributed by atoms with Crippen LogP contribution >= 0.6 is 23.2 Å². The number of halogens is 4. The largest absolute Gasteiger partial charge is 0.619 e. The SMILES string of the molecule is O=C(CN1C(=O)c2ccc(CNS(=O)(=O)CCCN3CCOCC3)cc2C1=O)O[C@@H](Cc1c(Cl)c[n+]([O-])cc1Cl)c1ccc(OC(F)F)c(OCC2CC2)c1. The highest BCUT2D eigenvalue weighted by Gasteiger charge is 2.38. The van der Waals surface area contributed by atoms with Gasteiger partial charge in [0, 0.05) is 31.6 Å². The Morgan fingerprint density at radius 2 is 1.73 bits per heavy atom. The second-order valence-electron chi connectivity index (χ2n) is 13.3. The highest BCUT2D eigenvalue weighted by Crippen LogP contribution is 2.38. The molecule has 19 heteroatoms. The van der Waals surface area contributed by atoms with Gasteiger partial charge in [0.25, 0.3) is 11.8 Å². The number of rotatable bonds is 18. The summed E-state index contributed by atoms with van der Waals surface area (Å²) in [5.41, 5.74) is 0.910. The highest BCUT2D eigenvalue weighted by atomic mass is 35.5. The number of ether oxygens (including phenoxy) is 4. The molecule has 0 bridgehead atoms. The molecule has 2 amide bonds. The molecule has 2 aliphatic heterocycles. The van der Waals surface area contributed by atoms with Gasteiger partial charge in [-0.25, -0.2) is 13.1 Å². The van der Waals surface area contributed by atoms with Crippen LogP contribution < -0.4 is 18.9 Å². The molecule has 1 saturated carbocycles. The number of carbonyl (C=O) groups is 3. The van der Waals surface area contributed by atoms with Crippen LogP contribution in [0.2, 0.25) is 10.0 Å². The first-order valence-electron chi connectivity index (χ1n) is 17.5. The van der Waals surface area contributed by atoms with Crippen LogP contribution in [0.25, 0.3) is 0 Å². The van der Waals surface area contributed by atoms with Crippen molar-refractivity contribution in [2.45, 2.75) is 44.9 Å². The third kappa shape index (κ3) is 10.8. The number of fused-ring (bicyclic) bond motifs is 1. The lowest BCUT2D eigenvalue weighted by Crippen LogP contribution is -2.38. The van der Waals surface area contributed by atoms with Crippen LogP contribution in [0.1, 0.15) is 62.8 Å². The zero-order chi connectivity index (χ0) is 39.3. The number of esters is 1. The predicted molar refractivity (Wildman–Crippen MR) is 194 cm³/mol. The van der Waals surface area contributed by atoms with Crippen LogP contribution in [0.15, 0.2) is 48.8 Å². The Morgan fingerprint density at radius 3 is 2.42 bits per heavy atom. The van der Waals surface area contributed by atoms with E-state index in [0.29, 0.717) is 41.4 Å². The maximum absolute atomic E-state index is 13.5. The number of sulfonamides is 1. The minimum Gasteiger partial charge on any atom is -0.619 e. The molecule has 55 heavy (non-hydrogen) atoms. The summed E-state index contributed by atoms with van der Waals surface area (Å²) in [7, 11) is -3.64. The molecule has 3 aromatic rings. The van der Waals surface area contributed by atoms with Crippen molar-refractivity contribution in [2.75, 3.05) is 51.8 Å². The Morgan fingerprint density at radius 1 is 1.02 bits per heavy atom. The number of alkyl halides is 2. The predicted octanol–water partition coefficient (Wildman–Crippen LogP) is 4.28. The molecule has 296 valence electrons. The van der Waals surface area contributed by atoms with E-state index in [0.717, 1.165) is 38.3 Å². The van der Waals surface area contributed by atoms with Gasteiger partial charge in [-0.05, 0) is 67.1 Å². The summed E-state index contributed by atoms with van der Waals surface area (Å²) < 4.78 is 76.2. The number of carbonyl (C=O) groups excluding carboxylic acids is 3. The van der Waals surface area contributed by atoms with Gasteiger partial charge in [-0.2, -0.15) is 13.5 Å². The summed E-state index contributed by atoms with van der Waals surface area (Å²) in [6, 6.07) is 8.28. The Hall–Kier alpha value is -4.13. The molecule has 1 aromatic heterocycles. The molecule has 2 fully saturated rings. The van der Waals surface area contributed by atoms with Gasteiger partial charge in [0.15, 0.2) is 23.9 Å². The maximum atomic E-state index is 13.5. The van der Waals surface area contributed by atoms with E-state index in [2.05, 4.69) is 14.4 Å². The topological polar surface area (TPSA) is 168 Å². The van der Waals surface area contributed by atoms with E-state index in [1.165, 1.54) is 36.4 Å². The van der Waals surface area contributed by atoms with E-state index < -0.39 is 47.1 Å². The number of hydrogen-bond donors (Lipinski definition) is 1. The maximum Gasteiger partial charge on any atom is 0.387 e.